The Balaban J connectivity index is 1.94. The number of amides is 1. The second-order valence-electron chi connectivity index (χ2n) is 6.35. The fraction of sp³-hybridized carbons (Fsp3) is 0.143. The maximum Gasteiger partial charge on any atom is 0.293 e. The summed E-state index contributed by atoms with van der Waals surface area (Å²) in [5, 5.41) is 16.0. The van der Waals surface area contributed by atoms with Crippen molar-refractivity contribution in [3.05, 3.63) is 91.7 Å². The Morgan fingerprint density at radius 1 is 1.10 bits per heavy atom. The minimum absolute atomic E-state index is 0.150. The van der Waals surface area contributed by atoms with Gasteiger partial charge in [-0.25, -0.2) is 0 Å². The lowest BCUT2D eigenvalue weighted by Crippen LogP contribution is -2.27. The third-order valence-corrected chi connectivity index (χ3v) is 5.31. The molecule has 148 valence electrons. The quantitative estimate of drug-likeness (QED) is 0.359. The predicted molar refractivity (Wildman–Crippen MR) is 113 cm³/mol. The molecular weight excluding hydrogens is 390 g/mol. The van der Waals surface area contributed by atoms with Crippen LogP contribution in [0.1, 0.15) is 31.2 Å². The lowest BCUT2D eigenvalue weighted by Gasteiger charge is -2.18. The molecule has 0 bridgehead atoms. The van der Waals surface area contributed by atoms with E-state index in [1.54, 1.807) is 54.6 Å². The van der Waals surface area contributed by atoms with Crippen LogP contribution in [-0.2, 0) is 6.54 Å². The molecule has 29 heavy (non-hydrogen) atoms. The number of hydrogen-bond donors (Lipinski definition) is 1. The highest BCUT2D eigenvalue weighted by molar-refractivity contribution is 7.09. The number of thiophene rings is 1. The van der Waals surface area contributed by atoms with Crippen LogP contribution in [0.25, 0.3) is 0 Å². The smallest absolute Gasteiger partial charge is 0.293 e. The van der Waals surface area contributed by atoms with Crippen LogP contribution in [-0.4, -0.2) is 35.6 Å². The summed E-state index contributed by atoms with van der Waals surface area (Å²) in [6, 6.07) is 14.6. The van der Waals surface area contributed by atoms with E-state index in [-0.39, 0.29) is 28.3 Å². The van der Waals surface area contributed by atoms with Crippen molar-refractivity contribution in [2.45, 2.75) is 6.54 Å². The molecule has 0 spiro atoms. The molecule has 0 saturated carbocycles. The first-order valence-electron chi connectivity index (χ1n) is 8.80. The number of carbonyl (C=O) groups is 2. The molecule has 1 heterocycles. The van der Waals surface area contributed by atoms with Gasteiger partial charge in [0.1, 0.15) is 5.69 Å². The van der Waals surface area contributed by atoms with Gasteiger partial charge >= 0.3 is 0 Å². The van der Waals surface area contributed by atoms with Crippen LogP contribution in [0.2, 0.25) is 0 Å². The molecule has 3 rings (SSSR count). The Labute approximate surface area is 171 Å². The summed E-state index contributed by atoms with van der Waals surface area (Å²) in [7, 11) is 3.25. The number of anilines is 1. The van der Waals surface area contributed by atoms with Gasteiger partial charge in [-0.3, -0.25) is 19.7 Å². The van der Waals surface area contributed by atoms with Crippen molar-refractivity contribution >= 4 is 34.4 Å². The molecule has 0 aliphatic rings. The first kappa shape index (κ1) is 20.2. The molecule has 0 radical (unpaired) electrons. The van der Waals surface area contributed by atoms with E-state index < -0.39 is 10.7 Å². The number of ketones is 1. The van der Waals surface area contributed by atoms with Crippen molar-refractivity contribution in [3.8, 4) is 0 Å². The lowest BCUT2D eigenvalue weighted by atomic mass is 9.97. The van der Waals surface area contributed by atoms with Crippen molar-refractivity contribution in [3.63, 3.8) is 0 Å². The van der Waals surface area contributed by atoms with Crippen molar-refractivity contribution in [2.24, 2.45) is 0 Å². The van der Waals surface area contributed by atoms with Crippen molar-refractivity contribution in [2.75, 3.05) is 19.4 Å². The molecule has 3 aromatic rings. The number of benzene rings is 2. The van der Waals surface area contributed by atoms with E-state index in [4.69, 9.17) is 0 Å². The highest BCUT2D eigenvalue weighted by Gasteiger charge is 2.23. The zero-order chi connectivity index (χ0) is 21.0. The van der Waals surface area contributed by atoms with Gasteiger partial charge in [-0.15, -0.1) is 11.3 Å². The third kappa shape index (κ3) is 4.33. The van der Waals surface area contributed by atoms with Crippen LogP contribution in [0.3, 0.4) is 0 Å². The summed E-state index contributed by atoms with van der Waals surface area (Å²) < 4.78 is 0. The lowest BCUT2D eigenvalue weighted by molar-refractivity contribution is -0.384. The van der Waals surface area contributed by atoms with Gasteiger partial charge in [-0.05, 0) is 29.6 Å². The fourth-order valence-corrected chi connectivity index (χ4v) is 3.73. The number of nitrogens with one attached hydrogen (secondary N) is 1. The van der Waals surface area contributed by atoms with E-state index >= 15 is 0 Å². The highest BCUT2D eigenvalue weighted by atomic mass is 32.1. The summed E-state index contributed by atoms with van der Waals surface area (Å²) in [6.07, 6.45) is 0. The molecule has 7 nitrogen and oxygen atoms in total. The minimum atomic E-state index is -0.547. The largest absolute Gasteiger partial charge is 0.383 e. The first-order valence-corrected chi connectivity index (χ1v) is 9.68. The Morgan fingerprint density at radius 3 is 2.45 bits per heavy atom. The number of nitro groups is 1. The number of nitro benzene ring substituents is 1. The van der Waals surface area contributed by atoms with Gasteiger partial charge in [0, 0.05) is 36.2 Å². The normalized spacial score (nSPS) is 10.4. The van der Waals surface area contributed by atoms with E-state index in [9.17, 15) is 19.7 Å². The molecule has 0 atom stereocenters. The van der Waals surface area contributed by atoms with E-state index in [1.165, 1.54) is 18.2 Å². The van der Waals surface area contributed by atoms with Crippen LogP contribution in [0.4, 0.5) is 11.4 Å². The third-order valence-electron chi connectivity index (χ3n) is 4.45. The molecule has 0 unspecified atom stereocenters. The molecule has 1 amide bonds. The van der Waals surface area contributed by atoms with Gasteiger partial charge in [0.2, 0.25) is 0 Å². The first-order chi connectivity index (χ1) is 13.9. The summed E-state index contributed by atoms with van der Waals surface area (Å²) >= 11 is 1.55. The maximum atomic E-state index is 13.1. The average molecular weight is 409 g/mol. The van der Waals surface area contributed by atoms with Gasteiger partial charge < -0.3 is 10.2 Å². The molecule has 8 heteroatoms. The van der Waals surface area contributed by atoms with Crippen LogP contribution in [0, 0.1) is 10.1 Å². The minimum Gasteiger partial charge on any atom is -0.383 e. The average Bonchev–Trinajstić information content (AvgIpc) is 3.25. The second kappa shape index (κ2) is 8.66. The second-order valence-corrected chi connectivity index (χ2v) is 7.39. The monoisotopic (exact) mass is 409 g/mol. The predicted octanol–water partition coefficient (Wildman–Crippen LogP) is 4.20. The molecule has 1 N–H and O–H groups in total. The van der Waals surface area contributed by atoms with E-state index in [0.29, 0.717) is 12.2 Å². The molecule has 1 aromatic heterocycles. The van der Waals surface area contributed by atoms with Gasteiger partial charge in [0.25, 0.3) is 11.6 Å². The standard InChI is InChI=1S/C21H19N3O4S/c1-22-18-10-9-14(12-19(18)24(27)28)20(25)16-7-3-4-8-17(16)21(26)23(2)13-15-6-5-11-29-15/h3-12,22H,13H2,1-2H3. The van der Waals surface area contributed by atoms with Gasteiger partial charge in [-0.1, -0.05) is 24.3 Å². The summed E-state index contributed by atoms with van der Waals surface area (Å²) in [5.74, 6) is -0.729. The Hall–Kier alpha value is -3.52. The van der Waals surface area contributed by atoms with Gasteiger partial charge in [-0.2, -0.15) is 0 Å². The van der Waals surface area contributed by atoms with Crippen LogP contribution < -0.4 is 5.32 Å². The van der Waals surface area contributed by atoms with E-state index in [2.05, 4.69) is 5.32 Å². The number of carbonyl (C=O) groups excluding carboxylic acids is 2. The Morgan fingerprint density at radius 2 is 1.83 bits per heavy atom. The van der Waals surface area contributed by atoms with Crippen molar-refractivity contribution in [1.29, 1.82) is 0 Å². The maximum absolute atomic E-state index is 13.1. The van der Waals surface area contributed by atoms with Crippen LogP contribution in [0.15, 0.2) is 60.0 Å². The zero-order valence-electron chi connectivity index (χ0n) is 15.9. The van der Waals surface area contributed by atoms with Crippen molar-refractivity contribution in [1.82, 2.24) is 4.90 Å². The van der Waals surface area contributed by atoms with Gasteiger partial charge in [0.15, 0.2) is 5.78 Å². The van der Waals surface area contributed by atoms with E-state index in [1.807, 2.05) is 17.5 Å². The Kier molecular flexibility index (Phi) is 6.04. The SMILES string of the molecule is CNc1ccc(C(=O)c2ccccc2C(=O)N(C)Cc2cccs2)cc1[N+](=O)[O-]. The topological polar surface area (TPSA) is 92.6 Å². The molecule has 2 aromatic carbocycles. The summed E-state index contributed by atoms with van der Waals surface area (Å²) in [5.41, 5.74) is 0.736. The van der Waals surface area contributed by atoms with E-state index in [0.717, 1.165) is 4.88 Å². The zero-order valence-corrected chi connectivity index (χ0v) is 16.7. The molecule has 0 aliphatic carbocycles. The summed E-state index contributed by atoms with van der Waals surface area (Å²) in [4.78, 5) is 39.4. The van der Waals surface area contributed by atoms with Crippen LogP contribution in [0.5, 0.6) is 0 Å². The number of nitrogens with zero attached hydrogens (tertiary/aromatic N) is 2. The molecule has 0 saturated heterocycles. The van der Waals surface area contributed by atoms with Crippen LogP contribution >= 0.6 is 11.3 Å². The molecule has 0 aliphatic heterocycles. The number of hydrogen-bond acceptors (Lipinski definition) is 6. The number of rotatable bonds is 7. The van der Waals surface area contributed by atoms with Crippen molar-refractivity contribution < 1.29 is 14.5 Å². The van der Waals surface area contributed by atoms with Gasteiger partial charge in [0.05, 0.1) is 17.0 Å². The highest BCUT2D eigenvalue weighted by Crippen LogP contribution is 2.27. The molecular formula is C21H19N3O4S. The fourth-order valence-electron chi connectivity index (χ4n) is 2.97. The molecule has 0 fully saturated rings. The Bertz CT molecular complexity index is 1060. The summed E-state index contributed by atoms with van der Waals surface area (Å²) in [6.45, 7) is 0.432.